The summed E-state index contributed by atoms with van der Waals surface area (Å²) in [6.07, 6.45) is 9.49. The number of benzene rings is 1. The van der Waals surface area contributed by atoms with Crippen LogP contribution < -0.4 is 5.73 Å². The number of halogens is 1. The Balaban J connectivity index is 0.00000364. The molecule has 3 unspecified atom stereocenters. The molecule has 0 spiro atoms. The van der Waals surface area contributed by atoms with E-state index in [0.29, 0.717) is 18.2 Å². The van der Waals surface area contributed by atoms with Gasteiger partial charge in [-0.15, -0.1) is 12.4 Å². The van der Waals surface area contributed by atoms with Gasteiger partial charge in [-0.05, 0) is 73.1 Å². The van der Waals surface area contributed by atoms with Gasteiger partial charge in [-0.1, -0.05) is 58.6 Å². The van der Waals surface area contributed by atoms with E-state index in [1.807, 2.05) is 6.07 Å². The minimum absolute atomic E-state index is 0. The van der Waals surface area contributed by atoms with Crippen LogP contribution in [0.15, 0.2) is 18.2 Å². The van der Waals surface area contributed by atoms with Crippen LogP contribution in [0.5, 0.6) is 5.75 Å². The molecule has 0 bridgehead atoms. The van der Waals surface area contributed by atoms with Gasteiger partial charge in [-0.25, -0.2) is 0 Å². The highest BCUT2D eigenvalue weighted by Gasteiger charge is 2.32. The lowest BCUT2D eigenvalue weighted by Gasteiger charge is -2.35. The van der Waals surface area contributed by atoms with Crippen molar-refractivity contribution in [3.05, 3.63) is 29.3 Å². The zero-order chi connectivity index (χ0) is 19.2. The van der Waals surface area contributed by atoms with Gasteiger partial charge in [0.05, 0.1) is 6.10 Å². The van der Waals surface area contributed by atoms with E-state index in [0.717, 1.165) is 37.7 Å². The van der Waals surface area contributed by atoms with Crippen LogP contribution in [0.25, 0.3) is 0 Å². The minimum Gasteiger partial charge on any atom is -0.508 e. The molecule has 3 atom stereocenters. The summed E-state index contributed by atoms with van der Waals surface area (Å²) in [5.74, 6) is 1.07. The van der Waals surface area contributed by atoms with Crippen LogP contribution in [-0.2, 0) is 5.41 Å². The average molecular weight is 398 g/mol. The number of rotatable bonds is 9. The first-order valence-corrected chi connectivity index (χ1v) is 10.6. The SMILES string of the molecule is CCCCCCC(C)(C)c1ccc(C2CC(O)CCC2CCN)c(O)c1.Cl. The Morgan fingerprint density at radius 3 is 2.52 bits per heavy atom. The number of nitrogens with two attached hydrogens (primary N) is 1. The Bertz CT molecular complexity index is 561. The van der Waals surface area contributed by atoms with Crippen molar-refractivity contribution >= 4 is 12.4 Å². The third kappa shape index (κ3) is 6.66. The van der Waals surface area contributed by atoms with Crippen molar-refractivity contribution in [2.24, 2.45) is 11.7 Å². The smallest absolute Gasteiger partial charge is 0.119 e. The molecule has 0 aromatic heterocycles. The number of hydrogen-bond donors (Lipinski definition) is 3. The normalized spacial score (nSPS) is 23.1. The molecule has 2 rings (SSSR count). The molecule has 27 heavy (non-hydrogen) atoms. The van der Waals surface area contributed by atoms with Crippen molar-refractivity contribution in [2.75, 3.05) is 6.54 Å². The third-order valence-corrected chi connectivity index (χ3v) is 6.37. The molecule has 1 saturated carbocycles. The summed E-state index contributed by atoms with van der Waals surface area (Å²) in [5.41, 5.74) is 8.08. The van der Waals surface area contributed by atoms with Gasteiger partial charge in [0.25, 0.3) is 0 Å². The van der Waals surface area contributed by atoms with Crippen molar-refractivity contribution in [2.45, 2.75) is 96.0 Å². The lowest BCUT2D eigenvalue weighted by Crippen LogP contribution is -2.28. The molecule has 0 saturated heterocycles. The van der Waals surface area contributed by atoms with Crippen molar-refractivity contribution < 1.29 is 10.2 Å². The summed E-state index contributed by atoms with van der Waals surface area (Å²) in [4.78, 5) is 0. The van der Waals surface area contributed by atoms with Gasteiger partial charge in [-0.3, -0.25) is 0 Å². The summed E-state index contributed by atoms with van der Waals surface area (Å²) in [6.45, 7) is 7.45. The Hall–Kier alpha value is -0.770. The molecule has 4 N–H and O–H groups in total. The van der Waals surface area contributed by atoms with Gasteiger partial charge in [0, 0.05) is 0 Å². The zero-order valence-corrected chi connectivity index (χ0v) is 18.2. The van der Waals surface area contributed by atoms with Crippen LogP contribution in [0.3, 0.4) is 0 Å². The Morgan fingerprint density at radius 1 is 1.15 bits per heavy atom. The third-order valence-electron chi connectivity index (χ3n) is 6.37. The highest BCUT2D eigenvalue weighted by Crippen LogP contribution is 2.44. The molecule has 4 heteroatoms. The maximum atomic E-state index is 10.8. The van der Waals surface area contributed by atoms with E-state index in [4.69, 9.17) is 5.73 Å². The topological polar surface area (TPSA) is 66.5 Å². The Labute approximate surface area is 172 Å². The second-order valence-electron chi connectivity index (χ2n) is 8.88. The summed E-state index contributed by atoms with van der Waals surface area (Å²) < 4.78 is 0. The van der Waals surface area contributed by atoms with Crippen LogP contribution in [0.4, 0.5) is 0 Å². The molecular formula is C23H40ClNO2. The second-order valence-corrected chi connectivity index (χ2v) is 8.88. The molecule has 1 aliphatic rings. The van der Waals surface area contributed by atoms with Crippen LogP contribution in [0.2, 0.25) is 0 Å². The highest BCUT2D eigenvalue weighted by molar-refractivity contribution is 5.85. The molecule has 0 aliphatic heterocycles. The van der Waals surface area contributed by atoms with Gasteiger partial charge in [0.15, 0.2) is 0 Å². The molecule has 156 valence electrons. The van der Waals surface area contributed by atoms with E-state index >= 15 is 0 Å². The summed E-state index contributed by atoms with van der Waals surface area (Å²) in [7, 11) is 0. The number of aliphatic hydroxyl groups is 1. The Kier molecular flexibility index (Phi) is 10.1. The van der Waals surface area contributed by atoms with E-state index in [2.05, 4.69) is 32.9 Å². The fraction of sp³-hybridized carbons (Fsp3) is 0.739. The van der Waals surface area contributed by atoms with Gasteiger partial charge in [-0.2, -0.15) is 0 Å². The molecule has 1 aliphatic carbocycles. The van der Waals surface area contributed by atoms with Crippen molar-refractivity contribution in [1.82, 2.24) is 0 Å². The number of unbranched alkanes of at least 4 members (excludes halogenated alkanes) is 3. The predicted molar refractivity (Wildman–Crippen MR) is 117 cm³/mol. The van der Waals surface area contributed by atoms with Crippen molar-refractivity contribution in [1.29, 1.82) is 0 Å². The first-order chi connectivity index (χ1) is 12.4. The lowest BCUT2D eigenvalue weighted by atomic mass is 9.72. The van der Waals surface area contributed by atoms with Gasteiger partial charge < -0.3 is 15.9 Å². The van der Waals surface area contributed by atoms with Crippen molar-refractivity contribution in [3.8, 4) is 5.75 Å². The molecule has 3 nitrogen and oxygen atoms in total. The molecule has 1 aromatic carbocycles. The molecule has 0 radical (unpaired) electrons. The first-order valence-electron chi connectivity index (χ1n) is 10.6. The fourth-order valence-electron chi connectivity index (χ4n) is 4.57. The van der Waals surface area contributed by atoms with E-state index in [9.17, 15) is 10.2 Å². The first kappa shape index (κ1) is 24.3. The molecule has 1 aromatic rings. The second kappa shape index (κ2) is 11.3. The van der Waals surface area contributed by atoms with Gasteiger partial charge in [0.2, 0.25) is 0 Å². The minimum atomic E-state index is -0.261. The number of phenols is 1. The number of phenolic OH excluding ortho intramolecular Hbond substituents is 1. The predicted octanol–water partition coefficient (Wildman–Crippen LogP) is 5.66. The largest absolute Gasteiger partial charge is 0.508 e. The lowest BCUT2D eigenvalue weighted by molar-refractivity contribution is 0.0910. The Morgan fingerprint density at radius 2 is 1.89 bits per heavy atom. The quantitative estimate of drug-likeness (QED) is 0.471. The van der Waals surface area contributed by atoms with Crippen LogP contribution in [0, 0.1) is 5.92 Å². The van der Waals surface area contributed by atoms with E-state index in [1.165, 1.54) is 31.2 Å². The van der Waals surface area contributed by atoms with Gasteiger partial charge >= 0.3 is 0 Å². The van der Waals surface area contributed by atoms with E-state index in [1.54, 1.807) is 0 Å². The maximum absolute atomic E-state index is 10.8. The standard InChI is InChI=1S/C23H39NO2.ClH/c1-4-5-6-7-13-23(2,3)18-9-11-20(22(26)15-18)21-16-19(25)10-8-17(21)12-14-24;/h9,11,15,17,19,21,25-26H,4-8,10,12-14,16,24H2,1-3H3;1H. The highest BCUT2D eigenvalue weighted by atomic mass is 35.5. The number of aliphatic hydroxyl groups excluding tert-OH is 1. The van der Waals surface area contributed by atoms with E-state index < -0.39 is 0 Å². The summed E-state index contributed by atoms with van der Waals surface area (Å²) >= 11 is 0. The zero-order valence-electron chi connectivity index (χ0n) is 17.4. The van der Waals surface area contributed by atoms with E-state index in [-0.39, 0.29) is 29.8 Å². The fourth-order valence-corrected chi connectivity index (χ4v) is 4.57. The van der Waals surface area contributed by atoms with Crippen LogP contribution in [-0.4, -0.2) is 22.9 Å². The average Bonchev–Trinajstić information content (AvgIpc) is 2.60. The molecule has 0 amide bonds. The molecule has 1 fully saturated rings. The monoisotopic (exact) mass is 397 g/mol. The summed E-state index contributed by atoms with van der Waals surface area (Å²) in [6, 6.07) is 6.26. The van der Waals surface area contributed by atoms with Crippen molar-refractivity contribution in [3.63, 3.8) is 0 Å². The molecular weight excluding hydrogens is 358 g/mol. The summed E-state index contributed by atoms with van der Waals surface area (Å²) in [5, 5.41) is 20.9. The van der Waals surface area contributed by atoms with Gasteiger partial charge in [0.1, 0.15) is 5.75 Å². The maximum Gasteiger partial charge on any atom is 0.119 e. The number of aromatic hydroxyl groups is 1. The molecule has 0 heterocycles. The number of hydrogen-bond acceptors (Lipinski definition) is 3. The van der Waals surface area contributed by atoms with Crippen LogP contribution in [0.1, 0.15) is 95.6 Å². The van der Waals surface area contributed by atoms with Crippen LogP contribution >= 0.6 is 12.4 Å².